The SMILES string of the molecule is CCOc1cccc([C@@H]2c3c(oc4ccc(C)cc4c3=O)C(=O)N2Cc2ccc3c(c2)OCO3)c1. The molecule has 3 heterocycles. The highest BCUT2D eigenvalue weighted by Crippen LogP contribution is 2.41. The monoisotopic (exact) mass is 469 g/mol. The molecular formula is C28H23NO6. The van der Waals surface area contributed by atoms with E-state index in [4.69, 9.17) is 18.6 Å². The van der Waals surface area contributed by atoms with Gasteiger partial charge >= 0.3 is 0 Å². The lowest BCUT2D eigenvalue weighted by molar-refractivity contribution is 0.0714. The van der Waals surface area contributed by atoms with Crippen molar-refractivity contribution in [2.75, 3.05) is 13.4 Å². The van der Waals surface area contributed by atoms with Crippen LogP contribution in [0.25, 0.3) is 11.0 Å². The molecule has 1 amide bonds. The normalized spacial score (nSPS) is 16.1. The van der Waals surface area contributed by atoms with Gasteiger partial charge in [0.25, 0.3) is 5.91 Å². The number of fused-ring (bicyclic) bond motifs is 3. The molecule has 7 heteroatoms. The summed E-state index contributed by atoms with van der Waals surface area (Å²) >= 11 is 0. The maximum absolute atomic E-state index is 13.8. The molecule has 4 aromatic rings. The zero-order valence-electron chi connectivity index (χ0n) is 19.4. The van der Waals surface area contributed by atoms with Gasteiger partial charge in [-0.1, -0.05) is 29.8 Å². The van der Waals surface area contributed by atoms with Crippen LogP contribution in [0.1, 0.15) is 45.8 Å². The number of carbonyl (C=O) groups is 1. The topological polar surface area (TPSA) is 78.2 Å². The van der Waals surface area contributed by atoms with Crippen LogP contribution in [0.5, 0.6) is 17.2 Å². The first-order valence-electron chi connectivity index (χ1n) is 11.5. The van der Waals surface area contributed by atoms with Gasteiger partial charge in [0, 0.05) is 6.54 Å². The van der Waals surface area contributed by atoms with Gasteiger partial charge in [-0.3, -0.25) is 9.59 Å². The van der Waals surface area contributed by atoms with Crippen molar-refractivity contribution in [3.63, 3.8) is 0 Å². The summed E-state index contributed by atoms with van der Waals surface area (Å²) in [5.74, 6) is 1.74. The zero-order chi connectivity index (χ0) is 24.1. The van der Waals surface area contributed by atoms with E-state index in [1.165, 1.54) is 0 Å². The summed E-state index contributed by atoms with van der Waals surface area (Å²) in [7, 11) is 0. The van der Waals surface area contributed by atoms with Gasteiger partial charge in [0.05, 0.1) is 23.6 Å². The van der Waals surface area contributed by atoms with Crippen molar-refractivity contribution in [1.29, 1.82) is 0 Å². The molecular weight excluding hydrogens is 446 g/mol. The summed E-state index contributed by atoms with van der Waals surface area (Å²) < 4.78 is 22.7. The van der Waals surface area contributed by atoms with Gasteiger partial charge in [0.15, 0.2) is 16.9 Å². The average molecular weight is 469 g/mol. The minimum absolute atomic E-state index is 0.0823. The van der Waals surface area contributed by atoms with E-state index in [0.717, 1.165) is 16.7 Å². The lowest BCUT2D eigenvalue weighted by Gasteiger charge is -2.25. The van der Waals surface area contributed by atoms with Crippen molar-refractivity contribution in [1.82, 2.24) is 4.90 Å². The molecule has 0 unspecified atom stereocenters. The third-order valence-electron chi connectivity index (χ3n) is 6.40. The first-order chi connectivity index (χ1) is 17.0. The Morgan fingerprint density at radius 2 is 1.86 bits per heavy atom. The average Bonchev–Trinajstić information content (AvgIpc) is 3.43. The number of aryl methyl sites for hydroxylation is 1. The van der Waals surface area contributed by atoms with Gasteiger partial charge in [-0.25, -0.2) is 0 Å². The van der Waals surface area contributed by atoms with Crippen LogP contribution in [0.2, 0.25) is 0 Å². The second-order valence-corrected chi connectivity index (χ2v) is 8.70. The first kappa shape index (κ1) is 21.3. The Balaban J connectivity index is 1.52. The maximum Gasteiger partial charge on any atom is 0.291 e. The second-order valence-electron chi connectivity index (χ2n) is 8.70. The Hall–Kier alpha value is -4.26. The highest BCUT2D eigenvalue weighted by Gasteiger charge is 2.43. The predicted octanol–water partition coefficient (Wildman–Crippen LogP) is 4.97. The maximum atomic E-state index is 13.8. The van der Waals surface area contributed by atoms with Crippen molar-refractivity contribution in [3.8, 4) is 17.2 Å². The van der Waals surface area contributed by atoms with Crippen LogP contribution in [-0.4, -0.2) is 24.2 Å². The number of ether oxygens (including phenoxy) is 3. The third-order valence-corrected chi connectivity index (χ3v) is 6.40. The van der Waals surface area contributed by atoms with Crippen LogP contribution in [0.4, 0.5) is 0 Å². The molecule has 35 heavy (non-hydrogen) atoms. The van der Waals surface area contributed by atoms with E-state index >= 15 is 0 Å². The van der Waals surface area contributed by atoms with Crippen LogP contribution in [-0.2, 0) is 6.54 Å². The fourth-order valence-electron chi connectivity index (χ4n) is 4.82. The van der Waals surface area contributed by atoms with Gasteiger partial charge in [0.2, 0.25) is 12.6 Å². The number of hydrogen-bond donors (Lipinski definition) is 0. The summed E-state index contributed by atoms with van der Waals surface area (Å²) in [6.45, 7) is 4.78. The summed E-state index contributed by atoms with van der Waals surface area (Å²) in [6, 6.07) is 17.9. The van der Waals surface area contributed by atoms with E-state index in [9.17, 15) is 9.59 Å². The largest absolute Gasteiger partial charge is 0.494 e. The molecule has 0 bridgehead atoms. The van der Waals surface area contributed by atoms with Gasteiger partial charge < -0.3 is 23.5 Å². The van der Waals surface area contributed by atoms with Crippen molar-refractivity contribution in [3.05, 3.63) is 98.9 Å². The van der Waals surface area contributed by atoms with Crippen molar-refractivity contribution >= 4 is 16.9 Å². The standard InChI is InChI=1S/C28H23NO6/c1-3-32-19-6-4-5-18(13-19)25-24-26(30)20-11-16(2)7-9-21(20)35-27(24)28(31)29(25)14-17-8-10-22-23(12-17)34-15-33-22/h4-13,25H,3,14-15H2,1-2H3/t25-/m1/s1. The van der Waals surface area contributed by atoms with E-state index in [1.54, 1.807) is 17.0 Å². The number of benzene rings is 3. The quantitative estimate of drug-likeness (QED) is 0.411. The van der Waals surface area contributed by atoms with E-state index in [2.05, 4.69) is 0 Å². The summed E-state index contributed by atoms with van der Waals surface area (Å²) in [5.41, 5.74) is 3.14. The minimum Gasteiger partial charge on any atom is -0.494 e. The summed E-state index contributed by atoms with van der Waals surface area (Å²) in [5, 5.41) is 0.465. The number of nitrogens with zero attached hydrogens (tertiary/aromatic N) is 1. The molecule has 0 N–H and O–H groups in total. The summed E-state index contributed by atoms with van der Waals surface area (Å²) in [6.07, 6.45) is 0. The van der Waals surface area contributed by atoms with Crippen LogP contribution < -0.4 is 19.6 Å². The molecule has 0 radical (unpaired) electrons. The lowest BCUT2D eigenvalue weighted by atomic mass is 9.97. The molecule has 6 rings (SSSR count). The van der Waals surface area contributed by atoms with Gasteiger partial charge in [-0.2, -0.15) is 0 Å². The van der Waals surface area contributed by atoms with Gasteiger partial charge in [-0.05, 0) is 61.4 Å². The smallest absolute Gasteiger partial charge is 0.291 e. The molecule has 3 aromatic carbocycles. The Morgan fingerprint density at radius 3 is 2.71 bits per heavy atom. The van der Waals surface area contributed by atoms with Crippen molar-refractivity contribution < 1.29 is 23.4 Å². The predicted molar refractivity (Wildman–Crippen MR) is 129 cm³/mol. The molecule has 1 atom stereocenters. The Labute approximate surface area is 201 Å². The second kappa shape index (κ2) is 8.20. The molecule has 7 nitrogen and oxygen atoms in total. The molecule has 0 fully saturated rings. The van der Waals surface area contributed by atoms with Crippen LogP contribution in [0, 0.1) is 6.92 Å². The molecule has 2 aliphatic heterocycles. The van der Waals surface area contributed by atoms with Crippen molar-refractivity contribution in [2.24, 2.45) is 0 Å². The van der Waals surface area contributed by atoms with E-state index in [-0.39, 0.29) is 30.4 Å². The molecule has 176 valence electrons. The van der Waals surface area contributed by atoms with Crippen LogP contribution in [0.15, 0.2) is 69.9 Å². The minimum atomic E-state index is -0.621. The fourth-order valence-corrected chi connectivity index (χ4v) is 4.82. The molecule has 0 saturated heterocycles. The zero-order valence-corrected chi connectivity index (χ0v) is 19.4. The number of carbonyl (C=O) groups excluding carboxylic acids is 1. The van der Waals surface area contributed by atoms with E-state index < -0.39 is 6.04 Å². The third kappa shape index (κ3) is 3.51. The lowest BCUT2D eigenvalue weighted by Crippen LogP contribution is -2.29. The molecule has 2 aliphatic rings. The molecule has 1 aromatic heterocycles. The Kier molecular flexibility index (Phi) is 4.99. The Morgan fingerprint density at radius 1 is 1.00 bits per heavy atom. The molecule has 0 aliphatic carbocycles. The Bertz CT molecular complexity index is 1540. The highest BCUT2D eigenvalue weighted by atomic mass is 16.7. The number of hydrogen-bond acceptors (Lipinski definition) is 6. The number of amides is 1. The summed E-state index contributed by atoms with van der Waals surface area (Å²) in [4.78, 5) is 29.1. The highest BCUT2D eigenvalue weighted by molar-refractivity contribution is 5.99. The van der Waals surface area contributed by atoms with Crippen molar-refractivity contribution in [2.45, 2.75) is 26.4 Å². The molecule has 0 saturated carbocycles. The molecule has 0 spiro atoms. The number of rotatable bonds is 5. The fraction of sp³-hybridized carbons (Fsp3) is 0.214. The van der Waals surface area contributed by atoms with Gasteiger partial charge in [0.1, 0.15) is 11.3 Å². The van der Waals surface area contributed by atoms with E-state index in [0.29, 0.717) is 40.4 Å². The van der Waals surface area contributed by atoms with E-state index in [1.807, 2.05) is 62.4 Å². The first-order valence-corrected chi connectivity index (χ1v) is 11.5. The van der Waals surface area contributed by atoms with Crippen LogP contribution in [0.3, 0.4) is 0 Å². The van der Waals surface area contributed by atoms with Crippen LogP contribution >= 0.6 is 0 Å². The van der Waals surface area contributed by atoms with Gasteiger partial charge in [-0.15, -0.1) is 0 Å².